The van der Waals surface area contributed by atoms with E-state index in [1.165, 1.54) is 12.1 Å². The molecule has 1 aromatic carbocycles. The van der Waals surface area contributed by atoms with Crippen molar-refractivity contribution in [2.45, 2.75) is 13.0 Å². The highest BCUT2D eigenvalue weighted by Gasteiger charge is 2.23. The van der Waals surface area contributed by atoms with Gasteiger partial charge in [0.1, 0.15) is 17.5 Å². The van der Waals surface area contributed by atoms with Crippen molar-refractivity contribution in [1.82, 2.24) is 21.1 Å². The Labute approximate surface area is 189 Å². The molecular weight excluding hydrogens is 442 g/mol. The van der Waals surface area contributed by atoms with E-state index >= 15 is 0 Å². The van der Waals surface area contributed by atoms with E-state index in [9.17, 15) is 4.39 Å². The van der Waals surface area contributed by atoms with Crippen LogP contribution >= 0.6 is 23.2 Å². The Hall–Kier alpha value is -2.75. The summed E-state index contributed by atoms with van der Waals surface area (Å²) >= 11 is 12.4. The molecule has 0 amide bonds. The highest BCUT2D eigenvalue weighted by molar-refractivity contribution is 6.36. The van der Waals surface area contributed by atoms with Gasteiger partial charge in [-0.15, -0.1) is 0 Å². The second-order valence-corrected chi connectivity index (χ2v) is 8.02. The van der Waals surface area contributed by atoms with Crippen LogP contribution in [-0.4, -0.2) is 42.8 Å². The third-order valence-corrected chi connectivity index (χ3v) is 5.96. The van der Waals surface area contributed by atoms with Crippen LogP contribution in [0.2, 0.25) is 10.0 Å². The van der Waals surface area contributed by atoms with E-state index in [1.807, 2.05) is 4.90 Å². The van der Waals surface area contributed by atoms with E-state index in [0.29, 0.717) is 46.7 Å². The van der Waals surface area contributed by atoms with Crippen molar-refractivity contribution < 1.29 is 4.39 Å². The summed E-state index contributed by atoms with van der Waals surface area (Å²) in [6.07, 6.45) is 4.67. The van der Waals surface area contributed by atoms with Gasteiger partial charge in [-0.2, -0.15) is 0 Å². The molecule has 4 rings (SSSR count). The van der Waals surface area contributed by atoms with Gasteiger partial charge in [0.25, 0.3) is 0 Å². The molecule has 3 aliphatic rings. The van der Waals surface area contributed by atoms with E-state index in [4.69, 9.17) is 34.7 Å². The molecule has 0 spiro atoms. The van der Waals surface area contributed by atoms with Gasteiger partial charge in [0.05, 0.1) is 23.0 Å². The lowest BCUT2D eigenvalue weighted by Crippen LogP contribution is -2.38. The van der Waals surface area contributed by atoms with Crippen molar-refractivity contribution in [2.24, 2.45) is 21.5 Å². The Morgan fingerprint density at radius 1 is 1.29 bits per heavy atom. The zero-order chi connectivity index (χ0) is 22.0. The number of nitrogens with one attached hydrogen (secondary N) is 3. The molecule has 0 unspecified atom stereocenters. The van der Waals surface area contributed by atoms with Crippen LogP contribution < -0.4 is 27.6 Å². The average molecular weight is 465 g/mol. The van der Waals surface area contributed by atoms with Crippen molar-refractivity contribution in [1.29, 1.82) is 0 Å². The summed E-state index contributed by atoms with van der Waals surface area (Å²) in [5.74, 6) is 1.04. The number of rotatable bonds is 4. The quantitative estimate of drug-likeness (QED) is 0.433. The van der Waals surface area contributed by atoms with Crippen LogP contribution in [0.15, 0.2) is 57.1 Å². The molecule has 8 nitrogen and oxygen atoms in total. The fraction of sp³-hybridized carbons (Fsp3) is 0.300. The normalized spacial score (nSPS) is 21.8. The van der Waals surface area contributed by atoms with E-state index in [-0.39, 0.29) is 11.6 Å². The minimum atomic E-state index is -0.526. The SMILES string of the molecule is NC1=NCCN(Cc2c(Cl)ccc(F)c2Cl)C1=CC(N)=C1N=C(C2=CCNCC2)NN1. The fourth-order valence-electron chi connectivity index (χ4n) is 3.52. The molecule has 0 saturated heterocycles. The van der Waals surface area contributed by atoms with Crippen molar-refractivity contribution in [3.63, 3.8) is 0 Å². The molecule has 0 saturated carbocycles. The Kier molecular flexibility index (Phi) is 6.35. The zero-order valence-corrected chi connectivity index (χ0v) is 18.2. The number of hydrazine groups is 1. The van der Waals surface area contributed by atoms with E-state index < -0.39 is 5.82 Å². The van der Waals surface area contributed by atoms with Gasteiger partial charge in [-0.3, -0.25) is 15.8 Å². The number of aliphatic imine (C=N–C) groups is 2. The number of hydrogen-bond acceptors (Lipinski definition) is 8. The van der Waals surface area contributed by atoms with Gasteiger partial charge in [0.15, 0.2) is 5.82 Å². The maximum Gasteiger partial charge on any atom is 0.170 e. The van der Waals surface area contributed by atoms with Crippen LogP contribution in [0.5, 0.6) is 0 Å². The summed E-state index contributed by atoms with van der Waals surface area (Å²) in [7, 11) is 0. The number of nitrogens with zero attached hydrogens (tertiary/aromatic N) is 3. The van der Waals surface area contributed by atoms with Crippen LogP contribution in [0.1, 0.15) is 12.0 Å². The molecule has 1 aromatic rings. The Morgan fingerprint density at radius 3 is 2.90 bits per heavy atom. The molecule has 0 aliphatic carbocycles. The van der Waals surface area contributed by atoms with Crippen LogP contribution in [0.25, 0.3) is 0 Å². The molecule has 31 heavy (non-hydrogen) atoms. The minimum absolute atomic E-state index is 0.00888. The first kappa shape index (κ1) is 21.5. The Bertz CT molecular complexity index is 1040. The molecule has 0 bridgehead atoms. The van der Waals surface area contributed by atoms with Crippen LogP contribution in [0.4, 0.5) is 4.39 Å². The molecule has 7 N–H and O–H groups in total. The average Bonchev–Trinajstić information content (AvgIpc) is 3.27. The zero-order valence-electron chi connectivity index (χ0n) is 16.7. The van der Waals surface area contributed by atoms with Crippen LogP contribution in [-0.2, 0) is 6.54 Å². The summed E-state index contributed by atoms with van der Waals surface area (Å²) in [4.78, 5) is 10.8. The van der Waals surface area contributed by atoms with E-state index in [0.717, 1.165) is 30.9 Å². The molecule has 0 atom stereocenters. The fourth-order valence-corrected chi connectivity index (χ4v) is 4.01. The van der Waals surface area contributed by atoms with Gasteiger partial charge in [0.2, 0.25) is 0 Å². The van der Waals surface area contributed by atoms with Crippen molar-refractivity contribution in [2.75, 3.05) is 26.2 Å². The Morgan fingerprint density at radius 2 is 2.13 bits per heavy atom. The van der Waals surface area contributed by atoms with Gasteiger partial charge < -0.3 is 21.7 Å². The molecule has 0 aromatic heterocycles. The minimum Gasteiger partial charge on any atom is -0.396 e. The second-order valence-electron chi connectivity index (χ2n) is 7.24. The summed E-state index contributed by atoms with van der Waals surface area (Å²) in [6.45, 7) is 3.02. The van der Waals surface area contributed by atoms with Gasteiger partial charge in [0, 0.05) is 30.2 Å². The number of halogens is 3. The van der Waals surface area contributed by atoms with Crippen molar-refractivity contribution in [3.05, 3.63) is 68.5 Å². The van der Waals surface area contributed by atoms with Gasteiger partial charge in [-0.25, -0.2) is 9.38 Å². The monoisotopic (exact) mass is 464 g/mol. The predicted molar refractivity (Wildman–Crippen MR) is 122 cm³/mol. The molecule has 11 heteroatoms. The number of allylic oxidation sites excluding steroid dienone is 1. The molecular formula is C20H23Cl2FN8. The Balaban J connectivity index is 1.63. The standard InChI is InChI=1S/C20H23Cl2FN8/c21-13-1-2-14(23)17(22)12(13)10-31-8-7-27-18(25)16(31)9-15(24)20-28-19(29-30-20)11-3-5-26-6-4-11/h1-3,9,26,30H,4-8,10,24H2,(H2,25,27)(H,28,29). The first-order chi connectivity index (χ1) is 14.9. The lowest BCUT2D eigenvalue weighted by Gasteiger charge is -2.30. The lowest BCUT2D eigenvalue weighted by atomic mass is 10.1. The van der Waals surface area contributed by atoms with Gasteiger partial charge >= 0.3 is 0 Å². The van der Waals surface area contributed by atoms with Crippen LogP contribution in [0.3, 0.4) is 0 Å². The summed E-state index contributed by atoms with van der Waals surface area (Å²) in [6, 6.07) is 2.73. The largest absolute Gasteiger partial charge is 0.396 e. The smallest absolute Gasteiger partial charge is 0.170 e. The van der Waals surface area contributed by atoms with Crippen LogP contribution in [0, 0.1) is 5.82 Å². The maximum atomic E-state index is 14.0. The predicted octanol–water partition coefficient (Wildman–Crippen LogP) is 1.74. The molecule has 0 fully saturated rings. The summed E-state index contributed by atoms with van der Waals surface area (Å²) < 4.78 is 14.0. The topological polar surface area (TPSA) is 116 Å². The van der Waals surface area contributed by atoms with Gasteiger partial charge in [-0.1, -0.05) is 29.3 Å². The van der Waals surface area contributed by atoms with E-state index in [1.54, 1.807) is 6.08 Å². The highest BCUT2D eigenvalue weighted by atomic mass is 35.5. The van der Waals surface area contributed by atoms with E-state index in [2.05, 4.69) is 32.2 Å². The molecule has 164 valence electrons. The molecule has 3 aliphatic heterocycles. The number of nitrogens with two attached hydrogens (primary N) is 2. The number of hydrogen-bond donors (Lipinski definition) is 5. The van der Waals surface area contributed by atoms with Crippen molar-refractivity contribution in [3.8, 4) is 0 Å². The second kappa shape index (κ2) is 9.17. The number of benzene rings is 1. The maximum absolute atomic E-state index is 14.0. The van der Waals surface area contributed by atoms with Crippen molar-refractivity contribution >= 4 is 34.9 Å². The first-order valence-corrected chi connectivity index (χ1v) is 10.6. The molecule has 3 heterocycles. The lowest BCUT2D eigenvalue weighted by molar-refractivity contribution is 0.352. The highest BCUT2D eigenvalue weighted by Crippen LogP contribution is 2.30. The summed E-state index contributed by atoms with van der Waals surface area (Å²) in [5.41, 5.74) is 21.1. The number of amidine groups is 2. The third-order valence-electron chi connectivity index (χ3n) is 5.20. The molecule has 0 radical (unpaired) electrons. The summed E-state index contributed by atoms with van der Waals surface area (Å²) in [5, 5.41) is 3.64. The van der Waals surface area contributed by atoms with Gasteiger partial charge in [-0.05, 0) is 36.7 Å². The third kappa shape index (κ3) is 4.63. The first-order valence-electron chi connectivity index (χ1n) is 9.84.